The summed E-state index contributed by atoms with van der Waals surface area (Å²) in [6.07, 6.45) is 9.65. The predicted octanol–water partition coefficient (Wildman–Crippen LogP) is 1.79. The van der Waals surface area contributed by atoms with Crippen LogP contribution in [-0.2, 0) is 0 Å². The monoisotopic (exact) mass is 182 g/mol. The zero-order chi connectivity index (χ0) is 9.94. The van der Waals surface area contributed by atoms with Gasteiger partial charge in [0.15, 0.2) is 0 Å². The van der Waals surface area contributed by atoms with Crippen molar-refractivity contribution in [3.63, 3.8) is 0 Å². The number of allylic oxidation sites excluding steroid dienone is 3. The van der Waals surface area contributed by atoms with Crippen molar-refractivity contribution >= 4 is 0 Å². The molecule has 0 aliphatic carbocycles. The largest absolute Gasteiger partial charge is 0.329 e. The zero-order valence-electron chi connectivity index (χ0n) is 8.71. The molecule has 0 aromatic rings. The van der Waals surface area contributed by atoms with Crippen LogP contribution in [0.5, 0.6) is 0 Å². The van der Waals surface area contributed by atoms with Crippen molar-refractivity contribution in [1.82, 2.24) is 4.90 Å². The highest BCUT2D eigenvalue weighted by Gasteiger charge is 1.93. The number of nitrogens with two attached hydrogens (primary N) is 1. The first-order valence-electron chi connectivity index (χ1n) is 4.95. The van der Waals surface area contributed by atoms with E-state index >= 15 is 0 Å². The van der Waals surface area contributed by atoms with Crippen LogP contribution in [0.15, 0.2) is 24.8 Å². The number of likely N-dealkylation sites (N-methyl/N-ethyl adjacent to an activating group) is 1. The lowest BCUT2D eigenvalue weighted by Crippen LogP contribution is -2.26. The second kappa shape index (κ2) is 9.49. The molecule has 2 N–H and O–H groups in total. The Labute approximate surface area is 82.1 Å². The third kappa shape index (κ3) is 9.31. The molecule has 2 heteroatoms. The molecule has 0 saturated carbocycles. The molecule has 0 aromatic heterocycles. The third-order valence-corrected chi connectivity index (χ3v) is 1.89. The smallest absolute Gasteiger partial charge is 0.0102 e. The molecular weight excluding hydrogens is 160 g/mol. The molecule has 0 amide bonds. The maximum absolute atomic E-state index is 5.43. The van der Waals surface area contributed by atoms with Gasteiger partial charge < -0.3 is 10.6 Å². The minimum absolute atomic E-state index is 0.753. The van der Waals surface area contributed by atoms with E-state index in [-0.39, 0.29) is 0 Å². The Morgan fingerprint density at radius 3 is 2.69 bits per heavy atom. The van der Waals surface area contributed by atoms with Crippen molar-refractivity contribution in [2.75, 3.05) is 26.7 Å². The van der Waals surface area contributed by atoms with Gasteiger partial charge in [0, 0.05) is 13.1 Å². The highest BCUT2D eigenvalue weighted by atomic mass is 15.1. The molecule has 0 saturated heterocycles. The Morgan fingerprint density at radius 2 is 2.08 bits per heavy atom. The van der Waals surface area contributed by atoms with Crippen molar-refractivity contribution < 1.29 is 0 Å². The summed E-state index contributed by atoms with van der Waals surface area (Å²) in [4.78, 5) is 2.27. The van der Waals surface area contributed by atoms with E-state index in [1.54, 1.807) is 0 Å². The molecule has 0 rings (SSSR count). The van der Waals surface area contributed by atoms with E-state index in [4.69, 9.17) is 5.73 Å². The van der Waals surface area contributed by atoms with Gasteiger partial charge in [0.1, 0.15) is 0 Å². The molecule has 2 nitrogen and oxygen atoms in total. The lowest BCUT2D eigenvalue weighted by atomic mass is 10.2. The Morgan fingerprint density at radius 1 is 1.31 bits per heavy atom. The minimum Gasteiger partial charge on any atom is -0.329 e. The quantitative estimate of drug-likeness (QED) is 0.458. The van der Waals surface area contributed by atoms with Gasteiger partial charge >= 0.3 is 0 Å². The van der Waals surface area contributed by atoms with Crippen LogP contribution in [-0.4, -0.2) is 31.6 Å². The van der Waals surface area contributed by atoms with Gasteiger partial charge in [0.05, 0.1) is 0 Å². The third-order valence-electron chi connectivity index (χ3n) is 1.89. The fraction of sp³-hybridized carbons (Fsp3) is 0.636. The summed E-state index contributed by atoms with van der Waals surface area (Å²) in [7, 11) is 2.11. The van der Waals surface area contributed by atoms with Gasteiger partial charge in [0.2, 0.25) is 0 Å². The van der Waals surface area contributed by atoms with E-state index < -0.39 is 0 Å². The summed E-state index contributed by atoms with van der Waals surface area (Å²) < 4.78 is 0. The first-order chi connectivity index (χ1) is 6.31. The number of hydrogen-bond donors (Lipinski definition) is 1. The summed E-state index contributed by atoms with van der Waals surface area (Å²) >= 11 is 0. The van der Waals surface area contributed by atoms with E-state index in [1.807, 2.05) is 6.08 Å². The normalized spacial score (nSPS) is 11.3. The molecule has 76 valence electrons. The Kier molecular flexibility index (Phi) is 9.05. The van der Waals surface area contributed by atoms with E-state index in [2.05, 4.69) is 30.7 Å². The van der Waals surface area contributed by atoms with Gasteiger partial charge in [-0.1, -0.05) is 18.2 Å². The lowest BCUT2D eigenvalue weighted by Gasteiger charge is -2.13. The van der Waals surface area contributed by atoms with E-state index in [0.29, 0.717) is 0 Å². The van der Waals surface area contributed by atoms with Crippen molar-refractivity contribution in [3.05, 3.63) is 24.8 Å². The second-order valence-corrected chi connectivity index (χ2v) is 3.23. The second-order valence-electron chi connectivity index (χ2n) is 3.23. The van der Waals surface area contributed by atoms with E-state index in [9.17, 15) is 0 Å². The van der Waals surface area contributed by atoms with Crippen molar-refractivity contribution in [2.45, 2.75) is 19.3 Å². The Balaban J connectivity index is 3.19. The van der Waals surface area contributed by atoms with Gasteiger partial charge in [-0.2, -0.15) is 0 Å². The maximum atomic E-state index is 5.43. The van der Waals surface area contributed by atoms with Crippen LogP contribution in [0.3, 0.4) is 0 Å². The first kappa shape index (κ1) is 12.4. The number of hydrogen-bond acceptors (Lipinski definition) is 2. The van der Waals surface area contributed by atoms with E-state index in [0.717, 1.165) is 32.5 Å². The fourth-order valence-electron chi connectivity index (χ4n) is 1.12. The van der Waals surface area contributed by atoms with Crippen molar-refractivity contribution in [3.8, 4) is 0 Å². The van der Waals surface area contributed by atoms with Crippen LogP contribution in [0.1, 0.15) is 19.3 Å². The van der Waals surface area contributed by atoms with Crippen LogP contribution in [0, 0.1) is 0 Å². The summed E-state index contributed by atoms with van der Waals surface area (Å²) in [5.74, 6) is 0. The number of unbranched alkanes of at least 4 members (excludes halogenated alkanes) is 1. The van der Waals surface area contributed by atoms with Crippen LogP contribution < -0.4 is 5.73 Å². The maximum Gasteiger partial charge on any atom is 0.0102 e. The van der Waals surface area contributed by atoms with Crippen molar-refractivity contribution in [2.24, 2.45) is 5.73 Å². The average Bonchev–Trinajstić information content (AvgIpc) is 2.11. The SMILES string of the molecule is C=CCC=CCCCN(C)CCN. The fourth-order valence-corrected chi connectivity index (χ4v) is 1.12. The van der Waals surface area contributed by atoms with Crippen LogP contribution in [0.2, 0.25) is 0 Å². The summed E-state index contributed by atoms with van der Waals surface area (Å²) in [6.45, 7) is 6.54. The number of nitrogens with zero attached hydrogens (tertiary/aromatic N) is 1. The molecule has 0 aliphatic heterocycles. The highest BCUT2D eigenvalue weighted by molar-refractivity contribution is 4.88. The standard InChI is InChI=1S/C11H22N2/c1-3-4-5-6-7-8-10-13(2)11-9-12/h3,5-6H,1,4,7-12H2,2H3. The van der Waals surface area contributed by atoms with Gasteiger partial charge in [-0.05, 0) is 32.9 Å². The Bertz CT molecular complexity index is 141. The molecule has 0 unspecified atom stereocenters. The predicted molar refractivity (Wildman–Crippen MR) is 59.7 cm³/mol. The zero-order valence-corrected chi connectivity index (χ0v) is 8.71. The van der Waals surface area contributed by atoms with Crippen LogP contribution in [0.25, 0.3) is 0 Å². The molecule has 0 radical (unpaired) electrons. The molecular formula is C11H22N2. The molecule has 0 atom stereocenters. The molecule has 0 heterocycles. The minimum atomic E-state index is 0.753. The van der Waals surface area contributed by atoms with Gasteiger partial charge in [-0.3, -0.25) is 0 Å². The lowest BCUT2D eigenvalue weighted by molar-refractivity contribution is 0.339. The Hall–Kier alpha value is -0.600. The first-order valence-corrected chi connectivity index (χ1v) is 4.95. The molecule has 0 bridgehead atoms. The number of rotatable bonds is 8. The topological polar surface area (TPSA) is 29.3 Å². The highest BCUT2D eigenvalue weighted by Crippen LogP contribution is 1.95. The van der Waals surface area contributed by atoms with Gasteiger partial charge in [-0.25, -0.2) is 0 Å². The molecule has 13 heavy (non-hydrogen) atoms. The summed E-state index contributed by atoms with van der Waals surface area (Å²) in [5, 5.41) is 0. The average molecular weight is 182 g/mol. The van der Waals surface area contributed by atoms with Crippen molar-refractivity contribution in [1.29, 1.82) is 0 Å². The van der Waals surface area contributed by atoms with E-state index in [1.165, 1.54) is 6.42 Å². The van der Waals surface area contributed by atoms with Gasteiger partial charge in [-0.15, -0.1) is 6.58 Å². The van der Waals surface area contributed by atoms with Gasteiger partial charge in [0.25, 0.3) is 0 Å². The summed E-state index contributed by atoms with van der Waals surface area (Å²) in [5.41, 5.74) is 5.43. The molecule has 0 spiro atoms. The van der Waals surface area contributed by atoms with Crippen LogP contribution in [0.4, 0.5) is 0 Å². The molecule has 0 fully saturated rings. The van der Waals surface area contributed by atoms with Crippen LogP contribution >= 0.6 is 0 Å². The molecule has 0 aliphatic rings. The summed E-state index contributed by atoms with van der Waals surface area (Å²) in [6, 6.07) is 0. The molecule has 0 aromatic carbocycles.